The second-order valence-corrected chi connectivity index (χ2v) is 5.05. The highest BCUT2D eigenvalue weighted by molar-refractivity contribution is 5.80. The lowest BCUT2D eigenvalue weighted by Crippen LogP contribution is -2.49. The average Bonchev–Trinajstić information content (AvgIpc) is 2.46. The third kappa shape index (κ3) is 3.72. The van der Waals surface area contributed by atoms with Crippen molar-refractivity contribution in [2.75, 3.05) is 26.3 Å². The Balaban J connectivity index is 1.94. The number of carbonyl (C=O) groups is 2. The van der Waals surface area contributed by atoms with Gasteiger partial charge in [0.1, 0.15) is 5.75 Å². The van der Waals surface area contributed by atoms with E-state index >= 15 is 0 Å². The van der Waals surface area contributed by atoms with Crippen molar-refractivity contribution in [2.24, 2.45) is 0 Å². The number of carboxylic acids is 1. The summed E-state index contributed by atoms with van der Waals surface area (Å²) in [6, 6.07) is 5.77. The van der Waals surface area contributed by atoms with Crippen LogP contribution in [0.5, 0.6) is 5.75 Å². The molecule has 1 amide bonds. The van der Waals surface area contributed by atoms with Crippen LogP contribution in [-0.4, -0.2) is 54.3 Å². The number of carboxylic acid groups (broad SMARTS) is 1. The Morgan fingerprint density at radius 1 is 1.38 bits per heavy atom. The topological polar surface area (TPSA) is 76.1 Å². The van der Waals surface area contributed by atoms with Crippen LogP contribution in [0.15, 0.2) is 18.2 Å². The van der Waals surface area contributed by atoms with Crippen LogP contribution >= 0.6 is 0 Å². The van der Waals surface area contributed by atoms with Gasteiger partial charge < -0.3 is 19.5 Å². The lowest BCUT2D eigenvalue weighted by molar-refractivity contribution is -0.159. The molecule has 114 valence electrons. The quantitative estimate of drug-likeness (QED) is 0.896. The van der Waals surface area contributed by atoms with E-state index in [0.717, 1.165) is 11.1 Å². The van der Waals surface area contributed by atoms with E-state index in [1.54, 1.807) is 0 Å². The second kappa shape index (κ2) is 6.58. The number of morpholine rings is 1. The van der Waals surface area contributed by atoms with E-state index in [4.69, 9.17) is 14.6 Å². The van der Waals surface area contributed by atoms with Gasteiger partial charge in [-0.1, -0.05) is 18.2 Å². The molecule has 6 heteroatoms. The van der Waals surface area contributed by atoms with Gasteiger partial charge in [0.15, 0.2) is 12.7 Å². The van der Waals surface area contributed by atoms with E-state index in [1.165, 1.54) is 4.90 Å². The van der Waals surface area contributed by atoms with E-state index in [1.807, 2.05) is 32.0 Å². The predicted octanol–water partition coefficient (Wildman–Crippen LogP) is 0.994. The first-order valence-electron chi connectivity index (χ1n) is 6.80. The summed E-state index contributed by atoms with van der Waals surface area (Å²) in [5, 5.41) is 8.92. The molecule has 1 N–H and O–H groups in total. The van der Waals surface area contributed by atoms with Crippen LogP contribution in [0.3, 0.4) is 0 Å². The Hall–Kier alpha value is -2.08. The molecule has 0 aliphatic carbocycles. The summed E-state index contributed by atoms with van der Waals surface area (Å²) in [7, 11) is 0. The van der Waals surface area contributed by atoms with E-state index < -0.39 is 12.1 Å². The van der Waals surface area contributed by atoms with Gasteiger partial charge in [0.2, 0.25) is 0 Å². The molecule has 1 heterocycles. The van der Waals surface area contributed by atoms with Gasteiger partial charge in [-0.25, -0.2) is 4.79 Å². The molecule has 1 aliphatic heterocycles. The van der Waals surface area contributed by atoms with Crippen molar-refractivity contribution in [1.29, 1.82) is 0 Å². The number of carbonyl (C=O) groups excluding carboxylic acids is 1. The van der Waals surface area contributed by atoms with E-state index in [2.05, 4.69) is 0 Å². The number of rotatable bonds is 4. The number of hydrogen-bond donors (Lipinski definition) is 1. The number of ether oxygens (including phenoxy) is 2. The summed E-state index contributed by atoms with van der Waals surface area (Å²) in [5.41, 5.74) is 1.93. The molecule has 1 aromatic rings. The van der Waals surface area contributed by atoms with Crippen molar-refractivity contribution in [2.45, 2.75) is 20.0 Å². The number of amides is 1. The van der Waals surface area contributed by atoms with Crippen molar-refractivity contribution >= 4 is 11.9 Å². The molecule has 1 atom stereocenters. The van der Waals surface area contributed by atoms with Crippen LogP contribution in [0.4, 0.5) is 0 Å². The largest absolute Gasteiger partial charge is 0.483 e. The van der Waals surface area contributed by atoms with Gasteiger partial charge in [0.25, 0.3) is 5.91 Å². The maximum Gasteiger partial charge on any atom is 0.334 e. The zero-order valence-electron chi connectivity index (χ0n) is 12.2. The van der Waals surface area contributed by atoms with Gasteiger partial charge in [-0.3, -0.25) is 4.79 Å². The summed E-state index contributed by atoms with van der Waals surface area (Å²) in [6.07, 6.45) is -0.956. The van der Waals surface area contributed by atoms with Crippen LogP contribution in [0, 0.1) is 13.8 Å². The molecule has 21 heavy (non-hydrogen) atoms. The molecule has 2 rings (SSSR count). The SMILES string of the molecule is Cc1cccc(C)c1OCC(=O)N1CCO[C@@H](C(=O)O)C1. The van der Waals surface area contributed by atoms with Gasteiger partial charge in [0, 0.05) is 6.54 Å². The fourth-order valence-corrected chi connectivity index (χ4v) is 2.28. The van der Waals surface area contributed by atoms with Gasteiger partial charge in [-0.2, -0.15) is 0 Å². The van der Waals surface area contributed by atoms with Crippen molar-refractivity contribution in [1.82, 2.24) is 4.90 Å². The lowest BCUT2D eigenvalue weighted by Gasteiger charge is -2.30. The Morgan fingerprint density at radius 3 is 2.67 bits per heavy atom. The molecule has 0 unspecified atom stereocenters. The number of aryl methyl sites for hydroxylation is 2. The molecule has 0 spiro atoms. The molecule has 1 aliphatic rings. The maximum atomic E-state index is 12.1. The molecule has 0 radical (unpaired) electrons. The first-order chi connectivity index (χ1) is 9.99. The van der Waals surface area contributed by atoms with Crippen molar-refractivity contribution in [3.8, 4) is 5.75 Å². The van der Waals surface area contributed by atoms with Gasteiger partial charge in [-0.15, -0.1) is 0 Å². The molecule has 1 aromatic carbocycles. The maximum absolute atomic E-state index is 12.1. The third-order valence-electron chi connectivity index (χ3n) is 3.44. The highest BCUT2D eigenvalue weighted by Gasteiger charge is 2.29. The summed E-state index contributed by atoms with van der Waals surface area (Å²) in [5.74, 6) is -0.579. The van der Waals surface area contributed by atoms with Crippen LogP contribution in [0.2, 0.25) is 0 Å². The summed E-state index contributed by atoms with van der Waals surface area (Å²) in [4.78, 5) is 24.5. The number of nitrogens with zero attached hydrogens (tertiary/aromatic N) is 1. The number of para-hydroxylation sites is 1. The number of benzene rings is 1. The zero-order valence-corrected chi connectivity index (χ0v) is 12.2. The minimum atomic E-state index is -1.05. The van der Waals surface area contributed by atoms with Crippen LogP contribution in [0.1, 0.15) is 11.1 Å². The van der Waals surface area contributed by atoms with Crippen LogP contribution in [-0.2, 0) is 14.3 Å². The predicted molar refractivity (Wildman–Crippen MR) is 75.4 cm³/mol. The molecule has 1 fully saturated rings. The number of aliphatic carboxylic acids is 1. The summed E-state index contributed by atoms with van der Waals surface area (Å²) < 4.78 is 10.7. The summed E-state index contributed by atoms with van der Waals surface area (Å²) in [6.45, 7) is 4.41. The first-order valence-corrected chi connectivity index (χ1v) is 6.80. The highest BCUT2D eigenvalue weighted by atomic mass is 16.5. The first kappa shape index (κ1) is 15.3. The molecule has 0 aromatic heterocycles. The van der Waals surface area contributed by atoms with E-state index in [0.29, 0.717) is 12.3 Å². The fraction of sp³-hybridized carbons (Fsp3) is 0.467. The normalized spacial score (nSPS) is 18.4. The molecule has 6 nitrogen and oxygen atoms in total. The molecule has 0 bridgehead atoms. The Morgan fingerprint density at radius 2 is 2.05 bits per heavy atom. The zero-order chi connectivity index (χ0) is 15.4. The van der Waals surface area contributed by atoms with Crippen LogP contribution in [0.25, 0.3) is 0 Å². The minimum absolute atomic E-state index is 0.0598. The Labute approximate surface area is 123 Å². The Bertz CT molecular complexity index is 523. The molecule has 0 saturated carbocycles. The lowest BCUT2D eigenvalue weighted by atomic mass is 10.1. The number of hydrogen-bond acceptors (Lipinski definition) is 4. The molecular formula is C15H19NO5. The van der Waals surface area contributed by atoms with Gasteiger partial charge in [0.05, 0.1) is 13.2 Å². The van der Waals surface area contributed by atoms with Crippen molar-refractivity contribution < 1.29 is 24.2 Å². The molecular weight excluding hydrogens is 274 g/mol. The van der Waals surface area contributed by atoms with Gasteiger partial charge >= 0.3 is 5.97 Å². The smallest absolute Gasteiger partial charge is 0.334 e. The third-order valence-corrected chi connectivity index (χ3v) is 3.44. The van der Waals surface area contributed by atoms with Gasteiger partial charge in [-0.05, 0) is 25.0 Å². The summed E-state index contributed by atoms with van der Waals surface area (Å²) >= 11 is 0. The Kier molecular flexibility index (Phi) is 4.80. The minimum Gasteiger partial charge on any atom is -0.483 e. The van der Waals surface area contributed by atoms with Crippen LogP contribution < -0.4 is 4.74 Å². The average molecular weight is 293 g/mol. The van der Waals surface area contributed by atoms with Crippen molar-refractivity contribution in [3.63, 3.8) is 0 Å². The van der Waals surface area contributed by atoms with E-state index in [9.17, 15) is 9.59 Å². The second-order valence-electron chi connectivity index (χ2n) is 5.05. The van der Waals surface area contributed by atoms with Crippen molar-refractivity contribution in [3.05, 3.63) is 29.3 Å². The van der Waals surface area contributed by atoms with E-state index in [-0.39, 0.29) is 25.7 Å². The highest BCUT2D eigenvalue weighted by Crippen LogP contribution is 2.22. The molecule has 1 saturated heterocycles. The monoisotopic (exact) mass is 293 g/mol. The fourth-order valence-electron chi connectivity index (χ4n) is 2.28. The standard InChI is InChI=1S/C15H19NO5/c1-10-4-3-5-11(2)14(10)21-9-13(17)16-6-7-20-12(8-16)15(18)19/h3-5,12H,6-9H2,1-2H3,(H,18,19)/t12-/m1/s1.